The molecular formula is C15H23N3O2. The molecule has 0 aromatic carbocycles. The van der Waals surface area contributed by atoms with Gasteiger partial charge in [-0.25, -0.2) is 9.97 Å². The van der Waals surface area contributed by atoms with Crippen LogP contribution in [0.3, 0.4) is 0 Å². The molecule has 0 N–H and O–H groups in total. The second-order valence-electron chi connectivity index (χ2n) is 6.02. The molecule has 0 aliphatic carbocycles. The lowest BCUT2D eigenvalue weighted by molar-refractivity contribution is -0.161. The molecule has 0 atom stereocenters. The van der Waals surface area contributed by atoms with E-state index < -0.39 is 5.79 Å². The largest absolute Gasteiger partial charge is 0.346 e. The molecule has 2 aliphatic rings. The third-order valence-corrected chi connectivity index (χ3v) is 3.97. The first kappa shape index (κ1) is 13.8. The van der Waals surface area contributed by atoms with Crippen molar-refractivity contribution in [3.8, 4) is 0 Å². The maximum atomic E-state index is 5.82. The molecule has 3 rings (SSSR count). The molecule has 0 radical (unpaired) electrons. The van der Waals surface area contributed by atoms with E-state index in [0.29, 0.717) is 19.1 Å². The van der Waals surface area contributed by atoms with E-state index in [-0.39, 0.29) is 0 Å². The van der Waals surface area contributed by atoms with Crippen LogP contribution in [-0.2, 0) is 9.47 Å². The fourth-order valence-corrected chi connectivity index (χ4v) is 2.91. The van der Waals surface area contributed by atoms with Gasteiger partial charge >= 0.3 is 0 Å². The van der Waals surface area contributed by atoms with Crippen LogP contribution >= 0.6 is 0 Å². The van der Waals surface area contributed by atoms with Crippen LogP contribution in [0, 0.1) is 6.92 Å². The van der Waals surface area contributed by atoms with Crippen molar-refractivity contribution in [3.63, 3.8) is 0 Å². The minimum Gasteiger partial charge on any atom is -0.346 e. The standard InChI is InChI=1S/C15H23N3O2/c1-11(2)13-9-12(3)16-14(17-13)18-6-4-5-15(10-18)19-7-8-20-15/h9,11H,4-8,10H2,1-3H3. The Labute approximate surface area is 120 Å². The number of hydrogen-bond acceptors (Lipinski definition) is 5. The average molecular weight is 277 g/mol. The molecule has 5 nitrogen and oxygen atoms in total. The van der Waals surface area contributed by atoms with Gasteiger partial charge in [-0.3, -0.25) is 0 Å². The van der Waals surface area contributed by atoms with E-state index in [2.05, 4.69) is 29.8 Å². The third-order valence-electron chi connectivity index (χ3n) is 3.97. The number of piperidine rings is 1. The minimum atomic E-state index is -0.427. The molecule has 0 amide bonds. The molecule has 110 valence electrons. The van der Waals surface area contributed by atoms with Gasteiger partial charge in [-0.1, -0.05) is 13.8 Å². The summed E-state index contributed by atoms with van der Waals surface area (Å²) in [5.41, 5.74) is 2.12. The van der Waals surface area contributed by atoms with Crippen molar-refractivity contribution >= 4 is 5.95 Å². The van der Waals surface area contributed by atoms with E-state index in [1.54, 1.807) is 0 Å². The number of aromatic nitrogens is 2. The van der Waals surface area contributed by atoms with Crippen LogP contribution in [0.25, 0.3) is 0 Å². The van der Waals surface area contributed by atoms with Crippen LogP contribution < -0.4 is 4.90 Å². The lowest BCUT2D eigenvalue weighted by Gasteiger charge is -2.38. The molecule has 1 aromatic rings. The number of ether oxygens (including phenoxy) is 2. The van der Waals surface area contributed by atoms with Crippen LogP contribution in [0.5, 0.6) is 0 Å². The van der Waals surface area contributed by atoms with Crippen molar-refractivity contribution in [2.45, 2.75) is 45.3 Å². The molecule has 0 saturated carbocycles. The lowest BCUT2D eigenvalue weighted by Crippen LogP contribution is -2.49. The molecule has 3 heterocycles. The number of nitrogens with zero attached hydrogens (tertiary/aromatic N) is 3. The second-order valence-corrected chi connectivity index (χ2v) is 6.02. The zero-order chi connectivity index (χ0) is 14.2. The van der Waals surface area contributed by atoms with E-state index >= 15 is 0 Å². The summed E-state index contributed by atoms with van der Waals surface area (Å²) in [4.78, 5) is 11.5. The Bertz CT molecular complexity index is 484. The van der Waals surface area contributed by atoms with Crippen LogP contribution in [0.15, 0.2) is 6.07 Å². The number of aryl methyl sites for hydroxylation is 1. The Kier molecular flexibility index (Phi) is 3.65. The fraction of sp³-hybridized carbons (Fsp3) is 0.733. The van der Waals surface area contributed by atoms with Gasteiger partial charge in [0.1, 0.15) is 0 Å². The summed E-state index contributed by atoms with van der Waals surface area (Å²) in [5, 5.41) is 0. The topological polar surface area (TPSA) is 47.5 Å². The molecular weight excluding hydrogens is 254 g/mol. The Hall–Kier alpha value is -1.20. The first-order chi connectivity index (χ1) is 9.58. The monoisotopic (exact) mass is 277 g/mol. The molecule has 20 heavy (non-hydrogen) atoms. The summed E-state index contributed by atoms with van der Waals surface area (Å²) in [6.45, 7) is 9.43. The summed E-state index contributed by atoms with van der Waals surface area (Å²) in [7, 11) is 0. The van der Waals surface area contributed by atoms with E-state index in [9.17, 15) is 0 Å². The quantitative estimate of drug-likeness (QED) is 0.830. The van der Waals surface area contributed by atoms with Crippen molar-refractivity contribution in [3.05, 3.63) is 17.5 Å². The first-order valence-corrected chi connectivity index (χ1v) is 7.46. The third kappa shape index (κ3) is 2.65. The normalized spacial score (nSPS) is 21.9. The smallest absolute Gasteiger partial charge is 0.225 e. The van der Waals surface area contributed by atoms with Gasteiger partial charge < -0.3 is 14.4 Å². The van der Waals surface area contributed by atoms with Crippen LogP contribution in [0.1, 0.15) is 44.0 Å². The van der Waals surface area contributed by atoms with Gasteiger partial charge in [0.15, 0.2) is 5.79 Å². The number of hydrogen-bond donors (Lipinski definition) is 0. The molecule has 2 aliphatic heterocycles. The van der Waals surface area contributed by atoms with Gasteiger partial charge in [-0.05, 0) is 25.3 Å². The van der Waals surface area contributed by atoms with E-state index in [1.165, 1.54) is 0 Å². The molecule has 0 bridgehead atoms. The predicted molar refractivity (Wildman–Crippen MR) is 76.9 cm³/mol. The van der Waals surface area contributed by atoms with Crippen molar-refractivity contribution in [2.24, 2.45) is 0 Å². The van der Waals surface area contributed by atoms with Crippen LogP contribution in [0.2, 0.25) is 0 Å². The minimum absolute atomic E-state index is 0.410. The summed E-state index contributed by atoms with van der Waals surface area (Å²) in [6, 6.07) is 2.07. The Morgan fingerprint density at radius 2 is 2.00 bits per heavy atom. The second kappa shape index (κ2) is 5.30. The highest BCUT2D eigenvalue weighted by Crippen LogP contribution is 2.31. The molecule has 1 spiro atoms. The number of anilines is 1. The molecule has 5 heteroatoms. The highest BCUT2D eigenvalue weighted by atomic mass is 16.7. The van der Waals surface area contributed by atoms with Gasteiger partial charge in [0.05, 0.1) is 19.8 Å². The first-order valence-electron chi connectivity index (χ1n) is 7.46. The summed E-state index contributed by atoms with van der Waals surface area (Å²) >= 11 is 0. The van der Waals surface area contributed by atoms with Crippen molar-refractivity contribution < 1.29 is 9.47 Å². The summed E-state index contributed by atoms with van der Waals surface area (Å²) in [5.74, 6) is 0.795. The molecule has 1 aromatic heterocycles. The molecule has 2 saturated heterocycles. The van der Waals surface area contributed by atoms with Crippen LogP contribution in [0.4, 0.5) is 5.95 Å². The van der Waals surface area contributed by atoms with Gasteiger partial charge in [-0.2, -0.15) is 0 Å². The molecule has 2 fully saturated rings. The summed E-state index contributed by atoms with van der Waals surface area (Å²) in [6.07, 6.45) is 2.01. The Morgan fingerprint density at radius 1 is 1.25 bits per heavy atom. The predicted octanol–water partition coefficient (Wildman–Crippen LogP) is 2.25. The van der Waals surface area contributed by atoms with Crippen molar-refractivity contribution in [2.75, 3.05) is 31.2 Å². The molecule has 0 unspecified atom stereocenters. The van der Waals surface area contributed by atoms with Crippen molar-refractivity contribution in [1.82, 2.24) is 9.97 Å². The summed E-state index contributed by atoms with van der Waals surface area (Å²) < 4.78 is 11.6. The van der Waals surface area contributed by atoms with Gasteiger partial charge in [0.2, 0.25) is 5.95 Å². The SMILES string of the molecule is Cc1cc(C(C)C)nc(N2CCCC3(C2)OCCO3)n1. The fourth-order valence-electron chi connectivity index (χ4n) is 2.91. The average Bonchev–Trinajstić information content (AvgIpc) is 2.86. The Balaban J connectivity index is 1.84. The lowest BCUT2D eigenvalue weighted by atomic mass is 10.0. The maximum absolute atomic E-state index is 5.82. The zero-order valence-corrected chi connectivity index (χ0v) is 12.6. The van der Waals surface area contributed by atoms with Crippen molar-refractivity contribution in [1.29, 1.82) is 0 Å². The van der Waals surface area contributed by atoms with E-state index in [1.807, 2.05) is 6.92 Å². The highest BCUT2D eigenvalue weighted by molar-refractivity contribution is 5.34. The highest BCUT2D eigenvalue weighted by Gasteiger charge is 2.41. The zero-order valence-electron chi connectivity index (χ0n) is 12.6. The van der Waals surface area contributed by atoms with E-state index in [0.717, 1.165) is 43.3 Å². The van der Waals surface area contributed by atoms with Gasteiger partial charge in [0.25, 0.3) is 0 Å². The van der Waals surface area contributed by atoms with E-state index in [4.69, 9.17) is 14.5 Å². The van der Waals surface area contributed by atoms with Gasteiger partial charge in [-0.15, -0.1) is 0 Å². The van der Waals surface area contributed by atoms with Gasteiger partial charge in [0, 0.05) is 24.4 Å². The Morgan fingerprint density at radius 3 is 2.70 bits per heavy atom. The maximum Gasteiger partial charge on any atom is 0.225 e. The van der Waals surface area contributed by atoms with Crippen LogP contribution in [-0.4, -0.2) is 42.1 Å². The number of rotatable bonds is 2.